The Morgan fingerprint density at radius 1 is 0.963 bits per heavy atom. The first kappa shape index (κ1) is 19.0. The Labute approximate surface area is 160 Å². The van der Waals surface area contributed by atoms with Gasteiger partial charge in [0.15, 0.2) is 5.82 Å². The standard InChI is InChI=1S/C22H26N4O/c1-15(2)27-14-19-10-8-18(9-11-19)13-24-21-16(3)17(4)25-22(26-21)20-7-5-6-12-23-20/h5-12,15H,13-14H2,1-4H3,(H,24,25,26). The number of pyridine rings is 1. The van der Waals surface area contributed by atoms with Crippen molar-refractivity contribution < 1.29 is 4.74 Å². The molecular weight excluding hydrogens is 336 g/mol. The van der Waals surface area contributed by atoms with Gasteiger partial charge in [-0.05, 0) is 51.0 Å². The molecule has 5 nitrogen and oxygen atoms in total. The number of nitrogens with zero attached hydrogens (tertiary/aromatic N) is 3. The molecule has 0 fully saturated rings. The SMILES string of the molecule is Cc1nc(-c2ccccn2)nc(NCc2ccc(COC(C)C)cc2)c1C. The van der Waals surface area contributed by atoms with E-state index in [2.05, 4.69) is 44.5 Å². The molecule has 3 rings (SSSR count). The van der Waals surface area contributed by atoms with Gasteiger partial charge in [-0.3, -0.25) is 4.98 Å². The summed E-state index contributed by atoms with van der Waals surface area (Å²) in [5.41, 5.74) is 5.15. The topological polar surface area (TPSA) is 59.9 Å². The van der Waals surface area contributed by atoms with Crippen LogP contribution in [0.25, 0.3) is 11.5 Å². The van der Waals surface area contributed by atoms with Crippen LogP contribution in [0.3, 0.4) is 0 Å². The largest absolute Gasteiger partial charge is 0.374 e. The summed E-state index contributed by atoms with van der Waals surface area (Å²) in [6.07, 6.45) is 1.99. The number of ether oxygens (including phenoxy) is 1. The van der Waals surface area contributed by atoms with Crippen molar-refractivity contribution in [2.45, 2.75) is 47.0 Å². The van der Waals surface area contributed by atoms with Crippen LogP contribution < -0.4 is 5.32 Å². The van der Waals surface area contributed by atoms with Crippen molar-refractivity contribution in [1.82, 2.24) is 15.0 Å². The Morgan fingerprint density at radius 3 is 2.37 bits per heavy atom. The van der Waals surface area contributed by atoms with Gasteiger partial charge in [-0.15, -0.1) is 0 Å². The number of aryl methyl sites for hydroxylation is 1. The predicted molar refractivity (Wildman–Crippen MR) is 108 cm³/mol. The van der Waals surface area contributed by atoms with Crippen LogP contribution in [0.15, 0.2) is 48.7 Å². The van der Waals surface area contributed by atoms with Crippen LogP contribution in [-0.4, -0.2) is 21.1 Å². The molecule has 0 saturated heterocycles. The van der Waals surface area contributed by atoms with Crippen molar-refractivity contribution in [3.8, 4) is 11.5 Å². The molecule has 3 aromatic rings. The lowest BCUT2D eigenvalue weighted by molar-refractivity contribution is 0.0657. The molecule has 0 unspecified atom stereocenters. The fourth-order valence-electron chi connectivity index (χ4n) is 2.61. The molecule has 5 heteroatoms. The summed E-state index contributed by atoms with van der Waals surface area (Å²) in [7, 11) is 0. The summed E-state index contributed by atoms with van der Waals surface area (Å²) in [4.78, 5) is 13.6. The lowest BCUT2D eigenvalue weighted by Crippen LogP contribution is -2.07. The molecule has 0 radical (unpaired) electrons. The fraction of sp³-hybridized carbons (Fsp3) is 0.318. The van der Waals surface area contributed by atoms with Gasteiger partial charge in [-0.25, -0.2) is 9.97 Å². The van der Waals surface area contributed by atoms with Crippen LogP contribution in [0.2, 0.25) is 0 Å². The van der Waals surface area contributed by atoms with Crippen molar-refractivity contribution in [2.75, 3.05) is 5.32 Å². The van der Waals surface area contributed by atoms with Gasteiger partial charge in [-0.2, -0.15) is 0 Å². The quantitative estimate of drug-likeness (QED) is 0.660. The molecule has 0 aliphatic carbocycles. The highest BCUT2D eigenvalue weighted by Crippen LogP contribution is 2.21. The summed E-state index contributed by atoms with van der Waals surface area (Å²) in [5, 5.41) is 3.44. The first-order chi connectivity index (χ1) is 13.0. The second-order valence-corrected chi connectivity index (χ2v) is 6.85. The van der Waals surface area contributed by atoms with E-state index in [0.29, 0.717) is 19.0 Å². The molecule has 0 aliphatic heterocycles. The third-order valence-corrected chi connectivity index (χ3v) is 4.35. The lowest BCUT2D eigenvalue weighted by atomic mass is 10.1. The van der Waals surface area contributed by atoms with Crippen molar-refractivity contribution in [2.24, 2.45) is 0 Å². The number of hydrogen-bond acceptors (Lipinski definition) is 5. The molecule has 2 aromatic heterocycles. The summed E-state index contributed by atoms with van der Waals surface area (Å²) >= 11 is 0. The van der Waals surface area contributed by atoms with Crippen LogP contribution in [0.5, 0.6) is 0 Å². The van der Waals surface area contributed by atoms with E-state index in [0.717, 1.165) is 22.8 Å². The number of anilines is 1. The minimum Gasteiger partial charge on any atom is -0.374 e. The van der Waals surface area contributed by atoms with E-state index < -0.39 is 0 Å². The minimum absolute atomic E-state index is 0.239. The molecule has 1 N–H and O–H groups in total. The molecule has 0 aliphatic rings. The average Bonchev–Trinajstić information content (AvgIpc) is 2.69. The fourth-order valence-corrected chi connectivity index (χ4v) is 2.61. The maximum atomic E-state index is 5.64. The molecule has 140 valence electrons. The number of nitrogens with one attached hydrogen (secondary N) is 1. The maximum Gasteiger partial charge on any atom is 0.180 e. The van der Waals surface area contributed by atoms with Crippen molar-refractivity contribution in [3.63, 3.8) is 0 Å². The third kappa shape index (κ3) is 5.11. The second kappa shape index (κ2) is 8.73. The number of rotatable bonds is 7. The van der Waals surface area contributed by atoms with Crippen LogP contribution >= 0.6 is 0 Å². The van der Waals surface area contributed by atoms with Crippen molar-refractivity contribution in [3.05, 3.63) is 71.0 Å². The number of benzene rings is 1. The number of aromatic nitrogens is 3. The van der Waals surface area contributed by atoms with Crippen molar-refractivity contribution in [1.29, 1.82) is 0 Å². The van der Waals surface area contributed by atoms with Gasteiger partial charge in [-0.1, -0.05) is 30.3 Å². The van der Waals surface area contributed by atoms with E-state index >= 15 is 0 Å². The molecule has 0 bridgehead atoms. The summed E-state index contributed by atoms with van der Waals surface area (Å²) in [6.45, 7) is 9.46. The van der Waals surface area contributed by atoms with Gasteiger partial charge in [0, 0.05) is 24.0 Å². The molecule has 0 saturated carbocycles. The predicted octanol–water partition coefficient (Wildman–Crippen LogP) is 4.69. The van der Waals surface area contributed by atoms with E-state index in [4.69, 9.17) is 4.74 Å². The summed E-state index contributed by atoms with van der Waals surface area (Å²) in [6, 6.07) is 14.2. The second-order valence-electron chi connectivity index (χ2n) is 6.85. The zero-order valence-electron chi connectivity index (χ0n) is 16.4. The van der Waals surface area contributed by atoms with E-state index in [1.807, 2.05) is 45.9 Å². The van der Waals surface area contributed by atoms with E-state index in [-0.39, 0.29) is 6.10 Å². The van der Waals surface area contributed by atoms with Crippen LogP contribution in [0, 0.1) is 13.8 Å². The monoisotopic (exact) mass is 362 g/mol. The van der Waals surface area contributed by atoms with E-state index in [1.54, 1.807) is 6.20 Å². The molecular formula is C22H26N4O. The maximum absolute atomic E-state index is 5.64. The molecule has 1 aromatic carbocycles. The van der Waals surface area contributed by atoms with Gasteiger partial charge in [0.05, 0.1) is 12.7 Å². The average molecular weight is 362 g/mol. The highest BCUT2D eigenvalue weighted by atomic mass is 16.5. The Morgan fingerprint density at radius 2 is 1.70 bits per heavy atom. The van der Waals surface area contributed by atoms with E-state index in [1.165, 1.54) is 11.1 Å². The molecule has 0 atom stereocenters. The van der Waals surface area contributed by atoms with Gasteiger partial charge >= 0.3 is 0 Å². The zero-order valence-corrected chi connectivity index (χ0v) is 16.4. The van der Waals surface area contributed by atoms with Crippen LogP contribution in [0.4, 0.5) is 5.82 Å². The Hall–Kier alpha value is -2.79. The normalized spacial score (nSPS) is 11.0. The van der Waals surface area contributed by atoms with Crippen molar-refractivity contribution >= 4 is 5.82 Å². The summed E-state index contributed by atoms with van der Waals surface area (Å²) < 4.78 is 5.64. The highest BCUT2D eigenvalue weighted by molar-refractivity contribution is 5.56. The Bertz CT molecular complexity index is 877. The molecule has 0 amide bonds. The van der Waals surface area contributed by atoms with Gasteiger partial charge in [0.1, 0.15) is 11.5 Å². The molecule has 0 spiro atoms. The minimum atomic E-state index is 0.239. The lowest BCUT2D eigenvalue weighted by Gasteiger charge is -2.13. The molecule has 2 heterocycles. The Kier molecular flexibility index (Phi) is 6.14. The zero-order chi connectivity index (χ0) is 19.2. The first-order valence-electron chi connectivity index (χ1n) is 9.23. The Balaban J connectivity index is 1.71. The first-order valence-corrected chi connectivity index (χ1v) is 9.23. The smallest absolute Gasteiger partial charge is 0.180 e. The van der Waals surface area contributed by atoms with Gasteiger partial charge < -0.3 is 10.1 Å². The van der Waals surface area contributed by atoms with Gasteiger partial charge in [0.25, 0.3) is 0 Å². The van der Waals surface area contributed by atoms with Crippen LogP contribution in [-0.2, 0) is 17.9 Å². The molecule has 27 heavy (non-hydrogen) atoms. The number of hydrogen-bond donors (Lipinski definition) is 1. The van der Waals surface area contributed by atoms with Gasteiger partial charge in [0.2, 0.25) is 0 Å². The highest BCUT2D eigenvalue weighted by Gasteiger charge is 2.10. The summed E-state index contributed by atoms with van der Waals surface area (Å²) in [5.74, 6) is 1.48. The third-order valence-electron chi connectivity index (χ3n) is 4.35. The van der Waals surface area contributed by atoms with Crippen LogP contribution in [0.1, 0.15) is 36.2 Å². The van der Waals surface area contributed by atoms with E-state index in [9.17, 15) is 0 Å².